The number of methoxy groups -OCH3 is 1. The van der Waals surface area contributed by atoms with Crippen molar-refractivity contribution >= 4 is 44.8 Å². The van der Waals surface area contributed by atoms with Gasteiger partial charge in [0.1, 0.15) is 33.9 Å². The second kappa shape index (κ2) is 14.4. The maximum Gasteiger partial charge on any atom is 0.312 e. The van der Waals surface area contributed by atoms with Crippen molar-refractivity contribution in [2.45, 2.75) is 85.6 Å². The molecule has 0 fully saturated rings. The van der Waals surface area contributed by atoms with E-state index in [0.717, 1.165) is 5.56 Å². The molecule has 13 heteroatoms. The number of carbonyl (C=O) groups excluding carboxylic acids is 2. The van der Waals surface area contributed by atoms with Gasteiger partial charge in [-0.05, 0) is 44.5 Å². The summed E-state index contributed by atoms with van der Waals surface area (Å²) in [6.45, 7) is 13.4. The fraction of sp³-hybridized carbons (Fsp3) is 0.439. The number of carbonyl (C=O) groups is 2. The highest BCUT2D eigenvalue weighted by Gasteiger charge is 2.49. The Morgan fingerprint density at radius 1 is 0.926 bits per heavy atom. The number of phenolic OH excluding ortho intramolecular Hbond substituents is 2. The lowest BCUT2D eigenvalue weighted by Gasteiger charge is -2.36. The average Bonchev–Trinajstić information content (AvgIpc) is 3.64. The number of benzene rings is 2. The molecule has 2 aromatic carbocycles. The van der Waals surface area contributed by atoms with E-state index in [4.69, 9.17) is 19.2 Å². The van der Waals surface area contributed by atoms with E-state index in [9.17, 15) is 35.1 Å². The normalized spacial score (nSPS) is 32.0. The van der Waals surface area contributed by atoms with Gasteiger partial charge < -0.3 is 45.1 Å². The molecule has 4 heterocycles. The Morgan fingerprint density at radius 2 is 1.59 bits per heavy atom. The average molecular weight is 744 g/mol. The van der Waals surface area contributed by atoms with Crippen molar-refractivity contribution in [2.75, 3.05) is 12.4 Å². The number of amides is 1. The summed E-state index contributed by atoms with van der Waals surface area (Å²) in [5.74, 6) is -6.23. The predicted molar refractivity (Wildman–Crippen MR) is 204 cm³/mol. The summed E-state index contributed by atoms with van der Waals surface area (Å²) in [4.78, 5) is 33.0. The molecule has 6 N–H and O–H groups in total. The Bertz CT molecular complexity index is 2260. The van der Waals surface area contributed by atoms with E-state index in [1.54, 1.807) is 70.4 Å². The van der Waals surface area contributed by atoms with Crippen molar-refractivity contribution in [1.82, 2.24) is 9.38 Å². The third-order valence-electron chi connectivity index (χ3n) is 11.3. The highest BCUT2D eigenvalue weighted by Crippen LogP contribution is 2.54. The summed E-state index contributed by atoms with van der Waals surface area (Å²) >= 11 is 0. The number of allylic oxidation sites excluding steroid dienone is 2. The minimum Gasteiger partial charge on any atom is -0.507 e. The number of ether oxygens (including phenoxy) is 3. The van der Waals surface area contributed by atoms with Gasteiger partial charge in [-0.1, -0.05) is 45.9 Å². The van der Waals surface area contributed by atoms with Gasteiger partial charge in [0, 0.05) is 60.4 Å². The van der Waals surface area contributed by atoms with Gasteiger partial charge in [-0.25, -0.2) is 4.98 Å². The first-order valence-corrected chi connectivity index (χ1v) is 18.1. The van der Waals surface area contributed by atoms with E-state index in [2.05, 4.69) is 5.32 Å². The molecule has 0 aliphatic carbocycles. The first kappa shape index (κ1) is 38.8. The molecule has 0 radical (unpaired) electrons. The zero-order valence-corrected chi connectivity index (χ0v) is 31.9. The molecular weight excluding hydrogens is 694 g/mol. The van der Waals surface area contributed by atoms with Crippen LogP contribution < -0.4 is 10.1 Å². The molecule has 1 unspecified atom stereocenters. The molecule has 4 aromatic rings. The maximum absolute atomic E-state index is 14.5. The smallest absolute Gasteiger partial charge is 0.312 e. The second-order valence-electron chi connectivity index (χ2n) is 15.0. The van der Waals surface area contributed by atoms with Crippen LogP contribution in [-0.2, 0) is 14.3 Å². The molecule has 2 aliphatic rings. The molecule has 0 saturated carbocycles. The van der Waals surface area contributed by atoms with Gasteiger partial charge in [0.2, 0.25) is 0 Å². The number of fused-ring (bicyclic) bond motifs is 2. The van der Waals surface area contributed by atoms with E-state index in [1.165, 1.54) is 26.4 Å². The predicted octanol–water partition coefficient (Wildman–Crippen LogP) is 5.59. The molecule has 13 nitrogen and oxygen atoms in total. The van der Waals surface area contributed by atoms with E-state index in [-0.39, 0.29) is 55.7 Å². The van der Waals surface area contributed by atoms with Gasteiger partial charge in [0.05, 0.1) is 41.6 Å². The molecule has 9 atom stereocenters. The molecule has 2 aromatic heterocycles. The maximum atomic E-state index is 14.5. The Balaban J connectivity index is 1.58. The number of hydrogen-bond acceptors (Lipinski definition) is 11. The number of ketones is 1. The van der Waals surface area contributed by atoms with Crippen LogP contribution in [0.1, 0.15) is 63.0 Å². The number of rotatable bonds is 1. The fourth-order valence-corrected chi connectivity index (χ4v) is 7.64. The Kier molecular flexibility index (Phi) is 10.3. The molecule has 0 saturated heterocycles. The van der Waals surface area contributed by atoms with Gasteiger partial charge in [0.25, 0.3) is 11.7 Å². The zero-order chi connectivity index (χ0) is 39.5. The van der Waals surface area contributed by atoms with Crippen molar-refractivity contribution in [2.24, 2.45) is 23.7 Å². The van der Waals surface area contributed by atoms with Crippen LogP contribution in [0, 0.1) is 37.5 Å². The number of aliphatic hydroxyl groups excluding tert-OH is 3. The standard InChI is InChI=1S/C41H49N3O10/c1-18-13-15-44-26(17-18)42-30-27-28-36(48)24(7)38-29(27)39(50)41(8,54-38)53-16-14-25(52-9)21(4)34(46)23(6)35(47)22(5)33(45)19(2)11-10-12-20(3)40(51)43-31(32(30)44)37(28)49/h10-17,19,21-23,25,33-35,45-49H,1-9H3,(H,43,51)/b11-10+,16-14+,20-12-/t19-,21+,22+,23-,25-,33-,34?,35+,41-/m0/s1. The van der Waals surface area contributed by atoms with Gasteiger partial charge in [-0.15, -0.1) is 0 Å². The minimum atomic E-state index is -1.93. The highest BCUT2D eigenvalue weighted by molar-refractivity contribution is 6.28. The topological polar surface area (TPSA) is 192 Å². The van der Waals surface area contributed by atoms with Gasteiger partial charge >= 0.3 is 5.79 Å². The lowest BCUT2D eigenvalue weighted by Crippen LogP contribution is -2.44. The first-order chi connectivity index (χ1) is 25.4. The third kappa shape index (κ3) is 6.28. The van der Waals surface area contributed by atoms with Crippen LogP contribution in [-0.4, -0.2) is 83.9 Å². The van der Waals surface area contributed by atoms with E-state index in [0.29, 0.717) is 5.65 Å². The van der Waals surface area contributed by atoms with Crippen LogP contribution in [0.15, 0.2) is 54.5 Å². The highest BCUT2D eigenvalue weighted by atomic mass is 16.7. The van der Waals surface area contributed by atoms with Crippen LogP contribution >= 0.6 is 0 Å². The van der Waals surface area contributed by atoms with Crippen molar-refractivity contribution in [3.63, 3.8) is 0 Å². The van der Waals surface area contributed by atoms with Crippen molar-refractivity contribution in [3.8, 4) is 17.2 Å². The molecule has 2 aliphatic heterocycles. The summed E-state index contributed by atoms with van der Waals surface area (Å²) in [5.41, 5.74) is 2.27. The molecule has 0 spiro atoms. The van der Waals surface area contributed by atoms with E-state index >= 15 is 0 Å². The number of aryl methyl sites for hydroxylation is 1. The molecule has 288 valence electrons. The summed E-state index contributed by atoms with van der Waals surface area (Å²) < 4.78 is 19.5. The SMILES string of the molecule is CO[C@H]1/C=C/O[C@@]2(C)Oc3c(C)c(O)c4c(O)c(c5c(nc6cc(C)ccn65)c4c3C2=O)NC(=O)/C(C)=C\C=C\[C@H](C)[C@H](O)[C@@H](C)[C@@H](O)[C@@H](C)C(O)[C@@H]1C. The molecule has 54 heavy (non-hydrogen) atoms. The van der Waals surface area contributed by atoms with Crippen LogP contribution in [0.2, 0.25) is 0 Å². The number of anilines is 1. The number of imidazole rings is 1. The van der Waals surface area contributed by atoms with Gasteiger partial charge in [0.15, 0.2) is 5.75 Å². The zero-order valence-electron chi connectivity index (χ0n) is 31.9. The molecule has 4 bridgehead atoms. The first-order valence-electron chi connectivity index (χ1n) is 18.1. The number of nitrogens with zero attached hydrogens (tertiary/aromatic N) is 2. The largest absolute Gasteiger partial charge is 0.507 e. The minimum absolute atomic E-state index is 0.0318. The summed E-state index contributed by atoms with van der Waals surface area (Å²) in [6, 6.07) is 3.65. The lowest BCUT2D eigenvalue weighted by atomic mass is 9.78. The quantitative estimate of drug-likeness (QED) is 0.133. The number of aromatic nitrogens is 2. The second-order valence-corrected chi connectivity index (χ2v) is 15.0. The molecule has 1 amide bonds. The summed E-state index contributed by atoms with van der Waals surface area (Å²) in [7, 11) is 1.46. The lowest BCUT2D eigenvalue weighted by molar-refractivity contribution is -0.112. The van der Waals surface area contributed by atoms with Crippen LogP contribution in [0.3, 0.4) is 0 Å². The molecule has 6 rings (SSSR count). The molecular formula is C41H49N3O10. The monoisotopic (exact) mass is 743 g/mol. The number of hydrogen-bond donors (Lipinski definition) is 6. The van der Waals surface area contributed by atoms with Crippen LogP contribution in [0.5, 0.6) is 17.2 Å². The van der Waals surface area contributed by atoms with E-state index < -0.39 is 71.3 Å². The van der Waals surface area contributed by atoms with Crippen molar-refractivity contribution in [3.05, 3.63) is 71.2 Å². The summed E-state index contributed by atoms with van der Waals surface area (Å²) in [5, 5.41) is 60.2. The van der Waals surface area contributed by atoms with Gasteiger partial charge in [-0.3, -0.25) is 14.0 Å². The number of nitrogens with one attached hydrogen (secondary N) is 1. The number of aromatic hydroxyl groups is 2. The number of Topliss-reactive ketones (excluding diaryl/α,β-unsaturated/α-hetero) is 1. The van der Waals surface area contributed by atoms with Gasteiger partial charge in [-0.2, -0.15) is 0 Å². The van der Waals surface area contributed by atoms with Crippen molar-refractivity contribution in [1.29, 1.82) is 0 Å². The summed E-state index contributed by atoms with van der Waals surface area (Å²) in [6.07, 6.45) is 5.55. The van der Waals surface area contributed by atoms with Crippen LogP contribution in [0.4, 0.5) is 5.69 Å². The number of aliphatic hydroxyl groups is 3. The van der Waals surface area contributed by atoms with E-state index in [1.807, 2.05) is 19.1 Å². The fourth-order valence-electron chi connectivity index (χ4n) is 7.64. The Morgan fingerprint density at radius 3 is 2.28 bits per heavy atom. The number of phenols is 2. The Hall–Kier alpha value is -4.95. The third-order valence-corrected chi connectivity index (χ3v) is 11.3. The van der Waals surface area contributed by atoms with Crippen molar-refractivity contribution < 1.29 is 49.3 Å². The Labute approximate surface area is 313 Å². The number of pyridine rings is 1. The van der Waals surface area contributed by atoms with Crippen LogP contribution in [0.25, 0.3) is 27.5 Å².